The molecule has 5 nitrogen and oxygen atoms in total. The maximum Gasteiger partial charge on any atom is 0.110 e. The molecular formula is C17H36O5. The fourth-order valence-corrected chi connectivity index (χ4v) is 2.36. The van der Waals surface area contributed by atoms with Gasteiger partial charge in [-0.2, -0.15) is 0 Å². The number of aliphatic hydroxyl groups is 4. The molecule has 0 aromatic carbocycles. The van der Waals surface area contributed by atoms with E-state index in [1.54, 1.807) is 0 Å². The van der Waals surface area contributed by atoms with E-state index in [9.17, 15) is 15.3 Å². The topological polar surface area (TPSA) is 90.2 Å². The first-order chi connectivity index (χ1) is 10.6. The normalized spacial score (nSPS) is 15.7. The molecule has 22 heavy (non-hydrogen) atoms. The summed E-state index contributed by atoms with van der Waals surface area (Å²) in [5.41, 5.74) is 0. The summed E-state index contributed by atoms with van der Waals surface area (Å²) >= 11 is 0. The molecule has 0 saturated heterocycles. The van der Waals surface area contributed by atoms with Crippen molar-refractivity contribution in [3.63, 3.8) is 0 Å². The quantitative estimate of drug-likeness (QED) is 0.327. The Bertz CT molecular complexity index is 225. The zero-order valence-corrected chi connectivity index (χ0v) is 14.1. The van der Waals surface area contributed by atoms with E-state index in [0.29, 0.717) is 6.61 Å². The number of aliphatic hydroxyl groups excluding tert-OH is 4. The highest BCUT2D eigenvalue weighted by Gasteiger charge is 2.23. The minimum absolute atomic E-state index is 0.0182. The van der Waals surface area contributed by atoms with Crippen LogP contribution >= 0.6 is 0 Å². The Morgan fingerprint density at radius 2 is 1.23 bits per heavy atom. The van der Waals surface area contributed by atoms with Gasteiger partial charge in [0.15, 0.2) is 0 Å². The van der Waals surface area contributed by atoms with Crippen LogP contribution in [0.25, 0.3) is 0 Å². The Kier molecular flexibility index (Phi) is 15.5. The number of rotatable bonds is 16. The Hall–Kier alpha value is -0.200. The molecule has 0 bridgehead atoms. The number of hydrogen-bond donors (Lipinski definition) is 4. The van der Waals surface area contributed by atoms with E-state index < -0.39 is 24.9 Å². The van der Waals surface area contributed by atoms with Crippen LogP contribution in [-0.2, 0) is 4.74 Å². The molecule has 0 saturated carbocycles. The van der Waals surface area contributed by atoms with Crippen molar-refractivity contribution in [2.75, 3.05) is 19.8 Å². The Labute approximate surface area is 135 Å². The van der Waals surface area contributed by atoms with Crippen molar-refractivity contribution in [2.24, 2.45) is 0 Å². The van der Waals surface area contributed by atoms with Gasteiger partial charge in [-0.15, -0.1) is 0 Å². The molecule has 4 N–H and O–H groups in total. The molecule has 0 radical (unpaired) electrons. The first-order valence-corrected chi connectivity index (χ1v) is 8.86. The molecule has 0 aliphatic heterocycles. The molecule has 0 aliphatic rings. The maximum absolute atomic E-state index is 9.53. The molecule has 3 unspecified atom stereocenters. The van der Waals surface area contributed by atoms with Gasteiger partial charge in [-0.05, 0) is 6.42 Å². The van der Waals surface area contributed by atoms with Crippen LogP contribution in [0.1, 0.15) is 71.1 Å². The smallest absolute Gasteiger partial charge is 0.110 e. The summed E-state index contributed by atoms with van der Waals surface area (Å²) in [6.45, 7) is 2.19. The lowest BCUT2D eigenvalue weighted by atomic mass is 10.1. The second kappa shape index (κ2) is 15.7. The summed E-state index contributed by atoms with van der Waals surface area (Å²) in [6, 6.07) is 0. The maximum atomic E-state index is 9.53. The van der Waals surface area contributed by atoms with Gasteiger partial charge in [0.25, 0.3) is 0 Å². The minimum Gasteiger partial charge on any atom is -0.394 e. The molecule has 0 aliphatic carbocycles. The van der Waals surface area contributed by atoms with Gasteiger partial charge >= 0.3 is 0 Å². The van der Waals surface area contributed by atoms with E-state index >= 15 is 0 Å². The van der Waals surface area contributed by atoms with Crippen molar-refractivity contribution in [1.29, 1.82) is 0 Å². The van der Waals surface area contributed by atoms with Crippen molar-refractivity contribution in [2.45, 2.75) is 89.4 Å². The summed E-state index contributed by atoms with van der Waals surface area (Å²) in [5.74, 6) is 0. The zero-order chi connectivity index (χ0) is 16.6. The second-order valence-corrected chi connectivity index (χ2v) is 6.06. The molecule has 0 aromatic rings. The van der Waals surface area contributed by atoms with E-state index in [2.05, 4.69) is 6.92 Å². The highest BCUT2D eigenvalue weighted by Crippen LogP contribution is 2.10. The van der Waals surface area contributed by atoms with Gasteiger partial charge in [0.2, 0.25) is 0 Å². The fourth-order valence-electron chi connectivity index (χ4n) is 2.36. The van der Waals surface area contributed by atoms with Crippen LogP contribution in [0.3, 0.4) is 0 Å². The van der Waals surface area contributed by atoms with Gasteiger partial charge in [0.05, 0.1) is 13.2 Å². The molecule has 5 heteroatoms. The van der Waals surface area contributed by atoms with Gasteiger partial charge < -0.3 is 25.2 Å². The Balaban J connectivity index is 3.26. The predicted molar refractivity (Wildman–Crippen MR) is 87.8 cm³/mol. The summed E-state index contributed by atoms with van der Waals surface area (Å²) in [7, 11) is 0. The van der Waals surface area contributed by atoms with E-state index in [-0.39, 0.29) is 6.61 Å². The van der Waals surface area contributed by atoms with Crippen molar-refractivity contribution < 1.29 is 25.2 Å². The fraction of sp³-hybridized carbons (Fsp3) is 1.00. The van der Waals surface area contributed by atoms with E-state index in [0.717, 1.165) is 12.8 Å². The Morgan fingerprint density at radius 1 is 0.727 bits per heavy atom. The number of ether oxygens (including phenoxy) is 1. The van der Waals surface area contributed by atoms with Crippen LogP contribution in [0.4, 0.5) is 0 Å². The monoisotopic (exact) mass is 320 g/mol. The SMILES string of the molecule is CCCCCCCCCCCCOCC(O)C(O)C(O)CO. The van der Waals surface area contributed by atoms with Crippen molar-refractivity contribution in [3.8, 4) is 0 Å². The van der Waals surface area contributed by atoms with E-state index in [1.807, 2.05) is 0 Å². The van der Waals surface area contributed by atoms with Crippen LogP contribution in [0.15, 0.2) is 0 Å². The van der Waals surface area contributed by atoms with Crippen LogP contribution in [-0.4, -0.2) is 58.6 Å². The molecule has 134 valence electrons. The van der Waals surface area contributed by atoms with Gasteiger partial charge in [0, 0.05) is 6.61 Å². The van der Waals surface area contributed by atoms with Crippen molar-refractivity contribution in [1.82, 2.24) is 0 Å². The number of hydrogen-bond acceptors (Lipinski definition) is 5. The molecular weight excluding hydrogens is 284 g/mol. The highest BCUT2D eigenvalue weighted by atomic mass is 16.5. The summed E-state index contributed by atoms with van der Waals surface area (Å²) in [4.78, 5) is 0. The van der Waals surface area contributed by atoms with Crippen molar-refractivity contribution in [3.05, 3.63) is 0 Å². The standard InChI is InChI=1S/C17H36O5/c1-2-3-4-5-6-7-8-9-10-11-12-22-14-16(20)17(21)15(19)13-18/h15-21H,2-14H2,1H3. The van der Waals surface area contributed by atoms with Gasteiger partial charge in [0.1, 0.15) is 18.3 Å². The zero-order valence-electron chi connectivity index (χ0n) is 14.1. The van der Waals surface area contributed by atoms with Gasteiger partial charge in [-0.1, -0.05) is 64.7 Å². The summed E-state index contributed by atoms with van der Waals surface area (Å²) in [6.07, 6.45) is 8.73. The third kappa shape index (κ3) is 12.4. The molecule has 0 heterocycles. The lowest BCUT2D eigenvalue weighted by Gasteiger charge is -2.21. The third-order valence-corrected chi connectivity index (χ3v) is 3.91. The van der Waals surface area contributed by atoms with Crippen LogP contribution in [0.5, 0.6) is 0 Å². The third-order valence-electron chi connectivity index (χ3n) is 3.91. The molecule has 0 rings (SSSR count). The van der Waals surface area contributed by atoms with Crippen LogP contribution in [0.2, 0.25) is 0 Å². The van der Waals surface area contributed by atoms with E-state index in [1.165, 1.54) is 51.4 Å². The molecule has 0 spiro atoms. The van der Waals surface area contributed by atoms with Crippen molar-refractivity contribution >= 4 is 0 Å². The Morgan fingerprint density at radius 3 is 1.73 bits per heavy atom. The molecule has 0 amide bonds. The minimum atomic E-state index is -1.36. The van der Waals surface area contributed by atoms with Crippen LogP contribution in [0, 0.1) is 0 Å². The predicted octanol–water partition coefficient (Wildman–Crippen LogP) is 2.00. The summed E-state index contributed by atoms with van der Waals surface area (Å²) in [5, 5.41) is 36.8. The molecule has 0 fully saturated rings. The van der Waals surface area contributed by atoms with E-state index in [4.69, 9.17) is 9.84 Å². The lowest BCUT2D eigenvalue weighted by molar-refractivity contribution is -0.0997. The summed E-state index contributed by atoms with van der Waals surface area (Å²) < 4.78 is 5.28. The first kappa shape index (κ1) is 21.8. The average molecular weight is 320 g/mol. The van der Waals surface area contributed by atoms with Gasteiger partial charge in [-0.3, -0.25) is 0 Å². The molecule has 0 aromatic heterocycles. The second-order valence-electron chi connectivity index (χ2n) is 6.06. The van der Waals surface area contributed by atoms with Crippen LogP contribution < -0.4 is 0 Å². The highest BCUT2D eigenvalue weighted by molar-refractivity contribution is 4.74. The first-order valence-electron chi connectivity index (χ1n) is 8.86. The lowest BCUT2D eigenvalue weighted by Crippen LogP contribution is -2.41. The van der Waals surface area contributed by atoms with Gasteiger partial charge in [-0.25, -0.2) is 0 Å². The number of unbranched alkanes of at least 4 members (excludes halogenated alkanes) is 9. The average Bonchev–Trinajstić information content (AvgIpc) is 2.54. The molecule has 3 atom stereocenters. The largest absolute Gasteiger partial charge is 0.394 e.